The van der Waals surface area contributed by atoms with Gasteiger partial charge in [0.1, 0.15) is 17.5 Å². The second-order valence-corrected chi connectivity index (χ2v) is 8.43. The number of fused-ring (bicyclic) bond motifs is 1. The van der Waals surface area contributed by atoms with Crippen molar-refractivity contribution in [1.29, 1.82) is 0 Å². The predicted octanol–water partition coefficient (Wildman–Crippen LogP) is 4.04. The van der Waals surface area contributed by atoms with E-state index in [0.29, 0.717) is 12.0 Å². The second-order valence-electron chi connectivity index (χ2n) is 8.43. The average molecular weight is 385 g/mol. The Morgan fingerprint density at radius 1 is 1.18 bits per heavy atom. The van der Waals surface area contributed by atoms with Gasteiger partial charge in [0.15, 0.2) is 0 Å². The normalized spacial score (nSPS) is 26.4. The number of hydrogen-bond donors (Lipinski definition) is 0. The minimum Gasteiger partial charge on any atom is -0.333 e. The number of aromatic nitrogens is 2. The Labute approximate surface area is 163 Å². The van der Waals surface area contributed by atoms with Crippen LogP contribution in [0.2, 0.25) is 0 Å². The van der Waals surface area contributed by atoms with Crippen LogP contribution in [0.5, 0.6) is 0 Å². The van der Waals surface area contributed by atoms with Crippen molar-refractivity contribution >= 4 is 5.91 Å². The maximum Gasteiger partial charge on any atom is 0.226 e. The molecule has 1 amide bonds. The summed E-state index contributed by atoms with van der Waals surface area (Å²) < 4.78 is 29.8. The number of likely N-dealkylation sites (tertiary alicyclic amines) is 1. The Balaban J connectivity index is 1.37. The molecule has 148 valence electrons. The molecule has 1 saturated carbocycles. The summed E-state index contributed by atoms with van der Waals surface area (Å²) in [5.41, 5.74) is 2.84. The van der Waals surface area contributed by atoms with Gasteiger partial charge in [0, 0.05) is 25.2 Å². The van der Waals surface area contributed by atoms with E-state index in [1.54, 1.807) is 0 Å². The molecule has 0 bridgehead atoms. The third-order valence-electron chi connectivity index (χ3n) is 6.71. The summed E-state index contributed by atoms with van der Waals surface area (Å²) in [6.07, 6.45) is 6.93. The fraction of sp³-hybridized carbons (Fsp3) is 0.545. The Morgan fingerprint density at radius 3 is 2.82 bits per heavy atom. The lowest BCUT2D eigenvalue weighted by atomic mass is 10.0. The van der Waals surface area contributed by atoms with Crippen LogP contribution in [0.15, 0.2) is 18.2 Å². The predicted molar refractivity (Wildman–Crippen MR) is 101 cm³/mol. The van der Waals surface area contributed by atoms with Gasteiger partial charge in [-0.15, -0.1) is 0 Å². The van der Waals surface area contributed by atoms with E-state index in [2.05, 4.69) is 11.6 Å². The number of benzene rings is 1. The molecule has 1 aromatic carbocycles. The molecule has 1 saturated heterocycles. The van der Waals surface area contributed by atoms with E-state index in [0.717, 1.165) is 50.2 Å². The van der Waals surface area contributed by atoms with Gasteiger partial charge in [-0.25, -0.2) is 13.8 Å². The van der Waals surface area contributed by atoms with Gasteiger partial charge < -0.3 is 9.47 Å². The number of carbonyl (C=O) groups is 1. The highest BCUT2D eigenvalue weighted by Crippen LogP contribution is 2.51. The molecule has 1 aliphatic heterocycles. The van der Waals surface area contributed by atoms with Crippen LogP contribution in [0.25, 0.3) is 0 Å². The van der Waals surface area contributed by atoms with E-state index in [1.807, 2.05) is 4.90 Å². The van der Waals surface area contributed by atoms with Gasteiger partial charge in [0.05, 0.1) is 11.7 Å². The lowest BCUT2D eigenvalue weighted by molar-refractivity contribution is -0.133. The summed E-state index contributed by atoms with van der Waals surface area (Å²) in [7, 11) is 2.06. The topological polar surface area (TPSA) is 38.1 Å². The first kappa shape index (κ1) is 17.8. The molecule has 2 fully saturated rings. The third kappa shape index (κ3) is 2.85. The fourth-order valence-corrected chi connectivity index (χ4v) is 5.13. The highest BCUT2D eigenvalue weighted by atomic mass is 19.1. The number of rotatable bonds is 3. The second kappa shape index (κ2) is 6.68. The molecule has 3 aliphatic rings. The number of imidazole rings is 1. The maximum absolute atomic E-state index is 14.1. The zero-order valence-electron chi connectivity index (χ0n) is 16.1. The fourth-order valence-electron chi connectivity index (χ4n) is 5.13. The molecule has 0 N–H and O–H groups in total. The number of nitrogens with zero attached hydrogens (tertiary/aromatic N) is 3. The maximum atomic E-state index is 14.1. The summed E-state index contributed by atoms with van der Waals surface area (Å²) in [6.45, 7) is 0.718. The van der Waals surface area contributed by atoms with Gasteiger partial charge in [-0.3, -0.25) is 4.79 Å². The molecule has 3 atom stereocenters. The lowest BCUT2D eigenvalue weighted by Gasteiger charge is -2.25. The van der Waals surface area contributed by atoms with Crippen LogP contribution in [0.3, 0.4) is 0 Å². The molecule has 2 aromatic rings. The first-order valence-corrected chi connectivity index (χ1v) is 10.3. The monoisotopic (exact) mass is 385 g/mol. The first-order valence-electron chi connectivity index (χ1n) is 10.3. The minimum atomic E-state index is -0.452. The van der Waals surface area contributed by atoms with E-state index >= 15 is 0 Å². The van der Waals surface area contributed by atoms with Crippen LogP contribution in [0, 0.1) is 17.6 Å². The quantitative estimate of drug-likeness (QED) is 0.800. The Hall–Kier alpha value is -2.24. The zero-order valence-corrected chi connectivity index (χ0v) is 16.1. The third-order valence-corrected chi connectivity index (χ3v) is 6.71. The van der Waals surface area contributed by atoms with E-state index in [-0.39, 0.29) is 23.8 Å². The van der Waals surface area contributed by atoms with Crippen LogP contribution in [0.4, 0.5) is 8.78 Å². The van der Waals surface area contributed by atoms with E-state index < -0.39 is 11.6 Å². The molecule has 0 radical (unpaired) electrons. The van der Waals surface area contributed by atoms with Crippen LogP contribution in [-0.4, -0.2) is 26.9 Å². The number of amides is 1. The minimum absolute atomic E-state index is 0.00158. The highest BCUT2D eigenvalue weighted by Gasteiger charge is 2.49. The summed E-state index contributed by atoms with van der Waals surface area (Å²) in [5.74, 6) is -0.265. The van der Waals surface area contributed by atoms with Gasteiger partial charge in [-0.1, -0.05) is 0 Å². The number of aryl methyl sites for hydroxylation is 1. The van der Waals surface area contributed by atoms with Crippen molar-refractivity contribution in [3.05, 3.63) is 52.6 Å². The van der Waals surface area contributed by atoms with Crippen molar-refractivity contribution in [2.24, 2.45) is 13.0 Å². The number of hydrogen-bond acceptors (Lipinski definition) is 2. The summed E-state index contributed by atoms with van der Waals surface area (Å²) in [4.78, 5) is 20.0. The van der Waals surface area contributed by atoms with Gasteiger partial charge in [-0.05, 0) is 74.6 Å². The van der Waals surface area contributed by atoms with Gasteiger partial charge >= 0.3 is 0 Å². The highest BCUT2D eigenvalue weighted by molar-refractivity contribution is 5.83. The molecular formula is C22H25F2N3O. The van der Waals surface area contributed by atoms with Crippen LogP contribution in [0.1, 0.15) is 66.8 Å². The largest absolute Gasteiger partial charge is 0.333 e. The summed E-state index contributed by atoms with van der Waals surface area (Å²) >= 11 is 0. The molecular weight excluding hydrogens is 360 g/mol. The Morgan fingerprint density at radius 2 is 2.00 bits per heavy atom. The summed E-state index contributed by atoms with van der Waals surface area (Å²) in [5, 5.41) is 0. The standard InChI is InChI=1S/C22H25F2N3O/c1-26-19-6-3-2-5-18(19)25-21(26)20-7-4-10-27(20)22(28)16-12-14(16)15-11-13(23)8-9-17(15)24/h8-9,11,14,16,20H,2-7,10,12H2,1H3/t14-,16+,20+/m1/s1. The zero-order chi connectivity index (χ0) is 19.4. The smallest absolute Gasteiger partial charge is 0.226 e. The Bertz CT molecular complexity index is 938. The van der Waals surface area contributed by atoms with E-state index in [1.165, 1.54) is 30.3 Å². The molecule has 28 heavy (non-hydrogen) atoms. The van der Waals surface area contributed by atoms with Gasteiger partial charge in [0.2, 0.25) is 5.91 Å². The molecule has 2 aliphatic carbocycles. The lowest BCUT2D eigenvalue weighted by Crippen LogP contribution is -2.33. The molecule has 0 unspecified atom stereocenters. The summed E-state index contributed by atoms with van der Waals surface area (Å²) in [6, 6.07) is 3.52. The van der Waals surface area contributed by atoms with Crippen molar-refractivity contribution in [3.63, 3.8) is 0 Å². The first-order chi connectivity index (χ1) is 13.5. The van der Waals surface area contributed by atoms with Crippen molar-refractivity contribution in [2.45, 2.75) is 56.9 Å². The van der Waals surface area contributed by atoms with Crippen molar-refractivity contribution in [1.82, 2.24) is 14.5 Å². The number of halogens is 2. The Kier molecular flexibility index (Phi) is 4.25. The number of carbonyl (C=O) groups excluding carboxylic acids is 1. The molecule has 2 heterocycles. The van der Waals surface area contributed by atoms with Crippen molar-refractivity contribution in [2.75, 3.05) is 6.54 Å². The van der Waals surface area contributed by atoms with Crippen molar-refractivity contribution < 1.29 is 13.6 Å². The van der Waals surface area contributed by atoms with Gasteiger partial charge in [0.25, 0.3) is 0 Å². The molecule has 1 aromatic heterocycles. The molecule has 5 rings (SSSR count). The van der Waals surface area contributed by atoms with Crippen LogP contribution < -0.4 is 0 Å². The molecule has 0 spiro atoms. The van der Waals surface area contributed by atoms with Gasteiger partial charge in [-0.2, -0.15) is 0 Å². The van der Waals surface area contributed by atoms with E-state index in [4.69, 9.17) is 4.98 Å². The molecule has 6 heteroatoms. The SMILES string of the molecule is Cn1c([C@@H]2CCCN2C(=O)[C@H]2C[C@@H]2c2cc(F)ccc2F)nc2c1CCCC2. The van der Waals surface area contributed by atoms with E-state index in [9.17, 15) is 13.6 Å². The average Bonchev–Trinajstić information content (AvgIpc) is 3.21. The molecule has 4 nitrogen and oxygen atoms in total. The van der Waals surface area contributed by atoms with Crippen molar-refractivity contribution in [3.8, 4) is 0 Å². The van der Waals surface area contributed by atoms with Crippen LogP contribution in [-0.2, 0) is 24.7 Å². The van der Waals surface area contributed by atoms with Crippen LogP contribution >= 0.6 is 0 Å².